The van der Waals surface area contributed by atoms with E-state index in [9.17, 15) is 9.59 Å². The highest BCUT2D eigenvalue weighted by Gasteiger charge is 2.31. The van der Waals surface area contributed by atoms with E-state index < -0.39 is 14.2 Å². The van der Waals surface area contributed by atoms with Crippen molar-refractivity contribution in [3.63, 3.8) is 0 Å². The van der Waals surface area contributed by atoms with Crippen molar-refractivity contribution in [2.24, 2.45) is 5.92 Å². The number of hydrogen-bond donors (Lipinski definition) is 2. The van der Waals surface area contributed by atoms with Crippen LogP contribution in [0.5, 0.6) is 0 Å². The topological polar surface area (TPSA) is 82.5 Å². The number of carbonyl (C=O) groups excluding carboxylic acids is 1. The van der Waals surface area contributed by atoms with Gasteiger partial charge in [0.1, 0.15) is 8.07 Å². The van der Waals surface area contributed by atoms with E-state index in [-0.39, 0.29) is 18.4 Å². The minimum atomic E-state index is -1.40. The number of amides is 2. The Bertz CT molecular complexity index is 938. The fraction of sp³-hybridized carbons (Fsp3) is 0.350. The van der Waals surface area contributed by atoms with Crippen molar-refractivity contribution in [1.82, 2.24) is 9.88 Å². The molecule has 1 aromatic heterocycles. The van der Waals surface area contributed by atoms with Crippen LogP contribution in [0.3, 0.4) is 0 Å². The van der Waals surface area contributed by atoms with E-state index in [2.05, 4.69) is 41.4 Å². The molecule has 1 aliphatic rings. The molecule has 3 rings (SSSR count). The van der Waals surface area contributed by atoms with Gasteiger partial charge in [0.15, 0.2) is 5.13 Å². The SMILES string of the molecule is C[Si](C)(C)C#Cc1ccc(-c2cnc(NC(=O)C3CCN(C(=O)O)C3)s2)cc1. The first kappa shape index (κ1) is 20.1. The maximum atomic E-state index is 12.4. The Morgan fingerprint density at radius 2 is 2.00 bits per heavy atom. The molecule has 1 unspecified atom stereocenters. The van der Waals surface area contributed by atoms with E-state index in [1.807, 2.05) is 24.3 Å². The van der Waals surface area contributed by atoms with Crippen LogP contribution >= 0.6 is 11.3 Å². The van der Waals surface area contributed by atoms with Crippen molar-refractivity contribution in [2.75, 3.05) is 18.4 Å². The molecule has 0 spiro atoms. The monoisotopic (exact) mass is 413 g/mol. The van der Waals surface area contributed by atoms with Crippen LogP contribution in [0.25, 0.3) is 10.4 Å². The number of nitrogens with one attached hydrogen (secondary N) is 1. The third-order valence-electron chi connectivity index (χ3n) is 4.32. The molecule has 6 nitrogen and oxygen atoms in total. The van der Waals surface area contributed by atoms with Gasteiger partial charge in [-0.05, 0) is 24.1 Å². The van der Waals surface area contributed by atoms with Gasteiger partial charge in [-0.25, -0.2) is 9.78 Å². The molecular formula is C20H23N3O3SSi. The van der Waals surface area contributed by atoms with Crippen LogP contribution in [0.4, 0.5) is 9.93 Å². The normalized spacial score (nSPS) is 16.4. The van der Waals surface area contributed by atoms with E-state index in [1.165, 1.54) is 16.2 Å². The number of nitrogens with zero attached hydrogens (tertiary/aromatic N) is 2. The highest BCUT2D eigenvalue weighted by Crippen LogP contribution is 2.30. The van der Waals surface area contributed by atoms with Gasteiger partial charge in [-0.1, -0.05) is 49.0 Å². The summed E-state index contributed by atoms with van der Waals surface area (Å²) in [5, 5.41) is 12.3. The van der Waals surface area contributed by atoms with Gasteiger partial charge >= 0.3 is 6.09 Å². The number of carboxylic acid groups (broad SMARTS) is 1. The molecule has 0 radical (unpaired) electrons. The first-order valence-electron chi connectivity index (χ1n) is 9.09. The molecule has 2 N–H and O–H groups in total. The Labute approximate surface area is 169 Å². The number of rotatable bonds is 3. The molecule has 2 heterocycles. The van der Waals surface area contributed by atoms with Crippen molar-refractivity contribution in [1.29, 1.82) is 0 Å². The van der Waals surface area contributed by atoms with Gasteiger partial charge in [0.05, 0.1) is 10.8 Å². The van der Waals surface area contributed by atoms with E-state index >= 15 is 0 Å². The Balaban J connectivity index is 1.63. The molecule has 2 aromatic rings. The van der Waals surface area contributed by atoms with Crippen molar-refractivity contribution >= 4 is 36.5 Å². The van der Waals surface area contributed by atoms with E-state index in [4.69, 9.17) is 5.11 Å². The summed E-state index contributed by atoms with van der Waals surface area (Å²) in [6, 6.07) is 8.02. The molecule has 0 aliphatic carbocycles. The van der Waals surface area contributed by atoms with E-state index in [0.717, 1.165) is 16.0 Å². The predicted molar refractivity (Wildman–Crippen MR) is 114 cm³/mol. The van der Waals surface area contributed by atoms with E-state index in [1.54, 1.807) is 6.20 Å². The minimum absolute atomic E-state index is 0.179. The molecule has 1 fully saturated rings. The van der Waals surface area contributed by atoms with Gasteiger partial charge in [0.2, 0.25) is 5.91 Å². The zero-order chi connectivity index (χ0) is 20.3. The smallest absolute Gasteiger partial charge is 0.407 e. The van der Waals surface area contributed by atoms with Gasteiger partial charge in [-0.15, -0.1) is 5.54 Å². The predicted octanol–water partition coefficient (Wildman–Crippen LogP) is 3.98. The molecule has 1 aliphatic heterocycles. The first-order chi connectivity index (χ1) is 13.2. The van der Waals surface area contributed by atoms with Crippen molar-refractivity contribution < 1.29 is 14.7 Å². The Kier molecular flexibility index (Phi) is 5.86. The highest BCUT2D eigenvalue weighted by molar-refractivity contribution is 7.19. The van der Waals surface area contributed by atoms with Crippen LogP contribution < -0.4 is 5.32 Å². The minimum Gasteiger partial charge on any atom is -0.465 e. The maximum absolute atomic E-state index is 12.4. The van der Waals surface area contributed by atoms with Crippen molar-refractivity contribution in [3.05, 3.63) is 36.0 Å². The summed E-state index contributed by atoms with van der Waals surface area (Å²) < 4.78 is 0. The number of thiazole rings is 1. The zero-order valence-electron chi connectivity index (χ0n) is 16.2. The highest BCUT2D eigenvalue weighted by atomic mass is 32.1. The van der Waals surface area contributed by atoms with Crippen LogP contribution in [0.2, 0.25) is 19.6 Å². The Morgan fingerprint density at radius 1 is 1.29 bits per heavy atom. The summed E-state index contributed by atoms with van der Waals surface area (Å²) in [6.45, 7) is 7.27. The zero-order valence-corrected chi connectivity index (χ0v) is 18.0. The van der Waals surface area contributed by atoms with E-state index in [0.29, 0.717) is 18.1 Å². The molecule has 1 saturated heterocycles. The van der Waals surface area contributed by atoms with Gasteiger partial charge < -0.3 is 15.3 Å². The summed E-state index contributed by atoms with van der Waals surface area (Å²) in [4.78, 5) is 29.8. The average Bonchev–Trinajstić information content (AvgIpc) is 3.29. The molecule has 0 bridgehead atoms. The summed E-state index contributed by atoms with van der Waals surface area (Å²) in [6.07, 6.45) is 1.29. The third kappa shape index (κ3) is 5.21. The number of hydrogen-bond acceptors (Lipinski definition) is 4. The number of likely N-dealkylation sites (tertiary alicyclic amines) is 1. The van der Waals surface area contributed by atoms with Gasteiger partial charge in [-0.3, -0.25) is 4.79 Å². The average molecular weight is 414 g/mol. The fourth-order valence-corrected chi connectivity index (χ4v) is 4.14. The van der Waals surface area contributed by atoms with Crippen LogP contribution in [0, 0.1) is 17.4 Å². The molecule has 2 amide bonds. The fourth-order valence-electron chi connectivity index (χ4n) is 2.80. The number of carbonyl (C=O) groups is 2. The Morgan fingerprint density at radius 3 is 2.61 bits per heavy atom. The second-order valence-corrected chi connectivity index (χ2v) is 13.6. The lowest BCUT2D eigenvalue weighted by Gasteiger charge is -2.11. The molecular weight excluding hydrogens is 390 g/mol. The molecule has 1 atom stereocenters. The van der Waals surface area contributed by atoms with Gasteiger partial charge in [0.25, 0.3) is 0 Å². The lowest BCUT2D eigenvalue weighted by Crippen LogP contribution is -2.30. The summed E-state index contributed by atoms with van der Waals surface area (Å²) in [7, 11) is -1.40. The summed E-state index contributed by atoms with van der Waals surface area (Å²) >= 11 is 1.40. The van der Waals surface area contributed by atoms with Crippen LogP contribution in [-0.4, -0.2) is 48.2 Å². The molecule has 0 saturated carbocycles. The van der Waals surface area contributed by atoms with Crippen molar-refractivity contribution in [2.45, 2.75) is 26.1 Å². The Hall–Kier alpha value is -2.63. The number of anilines is 1. The van der Waals surface area contributed by atoms with Crippen molar-refractivity contribution in [3.8, 4) is 21.9 Å². The maximum Gasteiger partial charge on any atom is 0.407 e. The second-order valence-electron chi connectivity index (χ2n) is 7.81. The quantitative estimate of drug-likeness (QED) is 0.589. The summed E-state index contributed by atoms with van der Waals surface area (Å²) in [5.74, 6) is 2.73. The standard InChI is InChI=1S/C20H23N3O3SSi/c1-28(2,3)11-9-14-4-6-15(7-5-14)17-12-21-19(27-17)22-18(24)16-8-10-23(13-16)20(25)26/h4-7,12,16H,8,10,13H2,1-3H3,(H,25,26)(H,21,22,24). The van der Waals surface area contributed by atoms with Crippen LogP contribution in [0.15, 0.2) is 30.5 Å². The lowest BCUT2D eigenvalue weighted by atomic mass is 10.1. The number of benzene rings is 1. The molecule has 8 heteroatoms. The van der Waals surface area contributed by atoms with Crippen LogP contribution in [0.1, 0.15) is 12.0 Å². The second kappa shape index (κ2) is 8.16. The van der Waals surface area contributed by atoms with Crippen LogP contribution in [-0.2, 0) is 4.79 Å². The third-order valence-corrected chi connectivity index (χ3v) is 6.15. The molecule has 1 aromatic carbocycles. The lowest BCUT2D eigenvalue weighted by molar-refractivity contribution is -0.119. The molecule has 28 heavy (non-hydrogen) atoms. The first-order valence-corrected chi connectivity index (χ1v) is 13.4. The van der Waals surface area contributed by atoms with Gasteiger partial charge in [0, 0.05) is 24.8 Å². The number of aromatic nitrogens is 1. The summed E-state index contributed by atoms with van der Waals surface area (Å²) in [5.41, 5.74) is 5.37. The molecule has 146 valence electrons. The largest absolute Gasteiger partial charge is 0.465 e. The van der Waals surface area contributed by atoms with Gasteiger partial charge in [-0.2, -0.15) is 0 Å².